The number of amides is 1. The van der Waals surface area contributed by atoms with E-state index in [2.05, 4.69) is 11.9 Å². The third-order valence-electron chi connectivity index (χ3n) is 1.14. The van der Waals surface area contributed by atoms with Crippen molar-refractivity contribution in [1.29, 1.82) is 0 Å². The number of carbonyl (C=O) groups excluding carboxylic acids is 1. The number of carbonyl (C=O) groups is 1. The summed E-state index contributed by atoms with van der Waals surface area (Å²) in [6.07, 6.45) is 0. The van der Waals surface area contributed by atoms with E-state index in [0.29, 0.717) is 25.3 Å². The van der Waals surface area contributed by atoms with E-state index in [9.17, 15) is 4.79 Å². The molecule has 0 bridgehead atoms. The van der Waals surface area contributed by atoms with Gasteiger partial charge in [-0.1, -0.05) is 6.58 Å². The van der Waals surface area contributed by atoms with Gasteiger partial charge in [-0.2, -0.15) is 0 Å². The fourth-order valence-electron chi connectivity index (χ4n) is 0.576. The number of likely N-dealkylation sites (N-methyl/N-ethyl adjacent to an activating group) is 1. The van der Waals surface area contributed by atoms with Gasteiger partial charge >= 0.3 is 0 Å². The zero-order valence-corrected chi connectivity index (χ0v) is 7.14. The van der Waals surface area contributed by atoms with Gasteiger partial charge in [0, 0.05) is 18.7 Å². The highest BCUT2D eigenvalue weighted by Gasteiger charge is 2.03. The first-order chi connectivity index (χ1) is 5.22. The molecule has 0 spiro atoms. The first-order valence-electron chi connectivity index (χ1n) is 3.76. The maximum Gasteiger partial charge on any atom is 0.248 e. The highest BCUT2D eigenvalue weighted by atomic mass is 16.5. The van der Waals surface area contributed by atoms with E-state index in [-0.39, 0.29) is 5.91 Å². The minimum absolute atomic E-state index is 0.124. The second kappa shape index (κ2) is 5.92. The Labute approximate surface area is 67.4 Å². The molecule has 1 N–H and O–H groups in total. The summed E-state index contributed by atoms with van der Waals surface area (Å²) >= 11 is 0. The highest BCUT2D eigenvalue weighted by molar-refractivity contribution is 5.92. The first-order valence-corrected chi connectivity index (χ1v) is 3.76. The molecule has 1 amide bonds. The van der Waals surface area contributed by atoms with Crippen molar-refractivity contribution in [2.75, 3.05) is 19.8 Å². The van der Waals surface area contributed by atoms with E-state index >= 15 is 0 Å². The summed E-state index contributed by atoms with van der Waals surface area (Å²) in [5, 5.41) is 2.64. The lowest BCUT2D eigenvalue weighted by molar-refractivity contribution is -0.117. The van der Waals surface area contributed by atoms with Crippen molar-refractivity contribution in [3.8, 4) is 0 Å². The zero-order chi connectivity index (χ0) is 8.69. The summed E-state index contributed by atoms with van der Waals surface area (Å²) in [4.78, 5) is 11.0. The van der Waals surface area contributed by atoms with E-state index in [4.69, 9.17) is 4.74 Å². The van der Waals surface area contributed by atoms with Gasteiger partial charge in [-0.3, -0.25) is 4.79 Å². The molecule has 0 fully saturated rings. The predicted octanol–water partition coefficient (Wildman–Crippen LogP) is 0.715. The van der Waals surface area contributed by atoms with Crippen molar-refractivity contribution < 1.29 is 9.53 Å². The molecular weight excluding hydrogens is 142 g/mol. The molecule has 3 nitrogen and oxygen atoms in total. The van der Waals surface area contributed by atoms with Crippen molar-refractivity contribution >= 4 is 5.91 Å². The van der Waals surface area contributed by atoms with Gasteiger partial charge in [-0.15, -0.1) is 0 Å². The average molecular weight is 157 g/mol. The molecule has 0 aliphatic heterocycles. The van der Waals surface area contributed by atoms with Crippen LogP contribution < -0.4 is 5.32 Å². The molecule has 0 saturated carbocycles. The largest absolute Gasteiger partial charge is 0.377 e. The van der Waals surface area contributed by atoms with Crippen LogP contribution in [-0.4, -0.2) is 25.7 Å². The lowest BCUT2D eigenvalue weighted by atomic mass is 10.3. The fraction of sp³-hybridized carbons (Fsp3) is 0.625. The molecule has 0 aromatic carbocycles. The molecule has 64 valence electrons. The van der Waals surface area contributed by atoms with Gasteiger partial charge in [0.2, 0.25) is 5.91 Å². The van der Waals surface area contributed by atoms with Crippen molar-refractivity contribution in [2.45, 2.75) is 13.8 Å². The molecule has 0 heterocycles. The second-order valence-corrected chi connectivity index (χ2v) is 2.10. The van der Waals surface area contributed by atoms with E-state index < -0.39 is 0 Å². The molecule has 0 aromatic heterocycles. The minimum atomic E-state index is -0.124. The van der Waals surface area contributed by atoms with Crippen LogP contribution in [-0.2, 0) is 9.53 Å². The van der Waals surface area contributed by atoms with Crippen LogP contribution >= 0.6 is 0 Å². The molecule has 0 aliphatic carbocycles. The standard InChI is InChI=1S/C8H15NO2/c1-4-9-8(10)7(3)6-11-5-2/h3-6H2,1-2H3,(H,9,10). The van der Waals surface area contributed by atoms with Crippen molar-refractivity contribution in [3.05, 3.63) is 12.2 Å². The van der Waals surface area contributed by atoms with Crippen LogP contribution in [0.4, 0.5) is 0 Å². The summed E-state index contributed by atoms with van der Waals surface area (Å²) in [7, 11) is 0. The Morgan fingerprint density at radius 2 is 2.18 bits per heavy atom. The number of ether oxygens (including phenoxy) is 1. The van der Waals surface area contributed by atoms with E-state index in [1.54, 1.807) is 0 Å². The number of hydrogen-bond acceptors (Lipinski definition) is 2. The van der Waals surface area contributed by atoms with E-state index in [1.165, 1.54) is 0 Å². The molecular formula is C8H15NO2. The van der Waals surface area contributed by atoms with Crippen LogP contribution in [0.3, 0.4) is 0 Å². The smallest absolute Gasteiger partial charge is 0.248 e. The van der Waals surface area contributed by atoms with Gasteiger partial charge in [0.25, 0.3) is 0 Å². The SMILES string of the molecule is C=C(COCC)C(=O)NCC. The van der Waals surface area contributed by atoms with Crippen molar-refractivity contribution in [3.63, 3.8) is 0 Å². The lowest BCUT2D eigenvalue weighted by Gasteiger charge is -2.04. The molecule has 0 aliphatic rings. The monoisotopic (exact) mass is 157 g/mol. The van der Waals surface area contributed by atoms with Crippen molar-refractivity contribution in [2.24, 2.45) is 0 Å². The molecule has 3 heteroatoms. The molecule has 0 rings (SSSR count). The van der Waals surface area contributed by atoms with Crippen LogP contribution in [0.2, 0.25) is 0 Å². The highest BCUT2D eigenvalue weighted by Crippen LogP contribution is 1.90. The predicted molar refractivity (Wildman–Crippen MR) is 44.3 cm³/mol. The molecule has 0 aromatic rings. The maximum absolute atomic E-state index is 11.0. The Bertz CT molecular complexity index is 143. The summed E-state index contributed by atoms with van der Waals surface area (Å²) in [6.45, 7) is 8.88. The zero-order valence-electron chi connectivity index (χ0n) is 7.14. The van der Waals surface area contributed by atoms with Gasteiger partial charge in [0.1, 0.15) is 0 Å². The third-order valence-corrected chi connectivity index (χ3v) is 1.14. The number of nitrogens with one attached hydrogen (secondary N) is 1. The van der Waals surface area contributed by atoms with Crippen LogP contribution in [0.1, 0.15) is 13.8 Å². The maximum atomic E-state index is 11.0. The Balaban J connectivity index is 3.56. The summed E-state index contributed by atoms with van der Waals surface area (Å²) in [5.74, 6) is -0.124. The van der Waals surface area contributed by atoms with E-state index in [1.807, 2.05) is 13.8 Å². The van der Waals surface area contributed by atoms with E-state index in [0.717, 1.165) is 0 Å². The molecule has 0 atom stereocenters. The lowest BCUT2D eigenvalue weighted by Crippen LogP contribution is -2.25. The van der Waals surface area contributed by atoms with Gasteiger partial charge in [0.15, 0.2) is 0 Å². The number of rotatable bonds is 5. The number of hydrogen-bond donors (Lipinski definition) is 1. The third kappa shape index (κ3) is 4.56. The fourth-order valence-corrected chi connectivity index (χ4v) is 0.576. The molecule has 0 unspecified atom stereocenters. The van der Waals surface area contributed by atoms with Crippen molar-refractivity contribution in [1.82, 2.24) is 5.32 Å². The molecule has 0 radical (unpaired) electrons. The Hall–Kier alpha value is -0.830. The second-order valence-electron chi connectivity index (χ2n) is 2.10. The van der Waals surface area contributed by atoms with Crippen LogP contribution in [0.25, 0.3) is 0 Å². The van der Waals surface area contributed by atoms with Gasteiger partial charge in [-0.25, -0.2) is 0 Å². The Kier molecular flexibility index (Phi) is 5.47. The summed E-state index contributed by atoms with van der Waals surface area (Å²) in [5.41, 5.74) is 0.480. The Morgan fingerprint density at radius 1 is 1.55 bits per heavy atom. The van der Waals surface area contributed by atoms with Crippen LogP contribution in [0.5, 0.6) is 0 Å². The van der Waals surface area contributed by atoms with Gasteiger partial charge < -0.3 is 10.1 Å². The Morgan fingerprint density at radius 3 is 2.64 bits per heavy atom. The first kappa shape index (κ1) is 10.2. The molecule has 0 saturated heterocycles. The average Bonchev–Trinajstić information content (AvgIpc) is 2.00. The minimum Gasteiger partial charge on any atom is -0.377 e. The normalized spacial score (nSPS) is 9.27. The van der Waals surface area contributed by atoms with Crippen LogP contribution in [0, 0.1) is 0 Å². The van der Waals surface area contributed by atoms with Gasteiger partial charge in [-0.05, 0) is 13.8 Å². The summed E-state index contributed by atoms with van der Waals surface area (Å²) < 4.78 is 5.00. The quantitative estimate of drug-likeness (QED) is 0.597. The topological polar surface area (TPSA) is 38.3 Å². The summed E-state index contributed by atoms with van der Waals surface area (Å²) in [6, 6.07) is 0. The van der Waals surface area contributed by atoms with Gasteiger partial charge in [0.05, 0.1) is 6.61 Å². The van der Waals surface area contributed by atoms with Crippen LogP contribution in [0.15, 0.2) is 12.2 Å². The molecule has 11 heavy (non-hydrogen) atoms.